The molecule has 2 N–H and O–H groups in total. The molecular weight excluding hydrogens is 260 g/mol. The molecule has 3 nitrogen and oxygen atoms in total. The normalized spacial score (nSPS) is 47.8. The fourth-order valence-corrected chi connectivity index (χ4v) is 6.54. The zero-order valence-electron chi connectivity index (χ0n) is 13.4. The first-order chi connectivity index (χ1) is 10.1. The predicted molar refractivity (Wildman–Crippen MR) is 83.9 cm³/mol. The molecule has 4 saturated carbocycles. The lowest BCUT2D eigenvalue weighted by Gasteiger charge is -2.60. The van der Waals surface area contributed by atoms with Gasteiger partial charge in [-0.2, -0.15) is 0 Å². The van der Waals surface area contributed by atoms with Crippen LogP contribution in [0.1, 0.15) is 64.7 Å². The smallest absolute Gasteiger partial charge is 0.226 e. The van der Waals surface area contributed by atoms with Crippen LogP contribution in [0.15, 0.2) is 0 Å². The molecule has 118 valence electrons. The van der Waals surface area contributed by atoms with Gasteiger partial charge in [-0.25, -0.2) is 0 Å². The summed E-state index contributed by atoms with van der Waals surface area (Å²) in [5.41, 5.74) is 0.469. The van der Waals surface area contributed by atoms with Crippen molar-refractivity contribution < 1.29 is 4.79 Å². The third-order valence-electron chi connectivity index (χ3n) is 6.78. The molecule has 0 aromatic heterocycles. The van der Waals surface area contributed by atoms with E-state index >= 15 is 0 Å². The zero-order chi connectivity index (χ0) is 14.5. The van der Waals surface area contributed by atoms with Crippen molar-refractivity contribution in [3.63, 3.8) is 0 Å². The van der Waals surface area contributed by atoms with Crippen molar-refractivity contribution >= 4 is 5.91 Å². The molecule has 5 aliphatic rings. The van der Waals surface area contributed by atoms with Crippen LogP contribution in [0.3, 0.4) is 0 Å². The van der Waals surface area contributed by atoms with E-state index in [2.05, 4.69) is 17.6 Å². The minimum absolute atomic E-state index is 0.00192. The van der Waals surface area contributed by atoms with Gasteiger partial charge in [0.05, 0.1) is 5.41 Å². The van der Waals surface area contributed by atoms with Crippen molar-refractivity contribution in [1.29, 1.82) is 0 Å². The van der Waals surface area contributed by atoms with E-state index in [4.69, 9.17) is 0 Å². The van der Waals surface area contributed by atoms with Gasteiger partial charge in [-0.15, -0.1) is 0 Å². The van der Waals surface area contributed by atoms with E-state index in [0.717, 1.165) is 37.8 Å². The monoisotopic (exact) mass is 290 g/mol. The van der Waals surface area contributed by atoms with Crippen LogP contribution in [0.2, 0.25) is 0 Å². The van der Waals surface area contributed by atoms with Crippen LogP contribution in [-0.2, 0) is 4.79 Å². The number of hydrogen-bond donors (Lipinski definition) is 2. The maximum atomic E-state index is 12.9. The van der Waals surface area contributed by atoms with E-state index in [1.54, 1.807) is 0 Å². The number of nitrogens with one attached hydrogen (secondary N) is 2. The van der Waals surface area contributed by atoms with E-state index in [-0.39, 0.29) is 5.41 Å². The van der Waals surface area contributed by atoms with E-state index in [0.29, 0.717) is 17.4 Å². The predicted octanol–water partition coefficient (Wildman–Crippen LogP) is 2.85. The average molecular weight is 290 g/mol. The minimum Gasteiger partial charge on any atom is -0.356 e. The van der Waals surface area contributed by atoms with Crippen LogP contribution in [0.4, 0.5) is 0 Å². The topological polar surface area (TPSA) is 41.1 Å². The maximum Gasteiger partial charge on any atom is 0.226 e. The van der Waals surface area contributed by atoms with Gasteiger partial charge in [0.2, 0.25) is 5.91 Å². The standard InChI is InChI=1S/C18H30N2O/c1-17-8-13-7-14(9-17)11-18(10-13,12-17)16(21)20-6-4-15-3-2-5-19-15/h13-15,19H,2-12H2,1H3,(H,20,21). The zero-order valence-corrected chi connectivity index (χ0v) is 13.4. The van der Waals surface area contributed by atoms with Crippen LogP contribution >= 0.6 is 0 Å². The number of rotatable bonds is 4. The third kappa shape index (κ3) is 2.52. The molecular formula is C18H30N2O. The Balaban J connectivity index is 1.37. The number of hydrogen-bond acceptors (Lipinski definition) is 2. The van der Waals surface area contributed by atoms with Gasteiger partial charge in [-0.1, -0.05) is 6.92 Å². The summed E-state index contributed by atoms with van der Waals surface area (Å²) in [6.07, 6.45) is 11.3. The lowest BCUT2D eigenvalue weighted by molar-refractivity contribution is -0.155. The Morgan fingerprint density at radius 3 is 2.62 bits per heavy atom. The second kappa shape index (κ2) is 4.97. The van der Waals surface area contributed by atoms with Crippen molar-refractivity contribution in [3.8, 4) is 0 Å². The first-order valence-electron chi connectivity index (χ1n) is 9.09. The van der Waals surface area contributed by atoms with Crippen LogP contribution in [0, 0.1) is 22.7 Å². The van der Waals surface area contributed by atoms with Gasteiger partial charge < -0.3 is 10.6 Å². The Hall–Kier alpha value is -0.570. The van der Waals surface area contributed by atoms with Gasteiger partial charge in [0.1, 0.15) is 0 Å². The van der Waals surface area contributed by atoms with E-state index in [1.165, 1.54) is 44.9 Å². The summed E-state index contributed by atoms with van der Waals surface area (Å²) >= 11 is 0. The van der Waals surface area contributed by atoms with Gasteiger partial charge in [-0.3, -0.25) is 4.79 Å². The molecule has 0 radical (unpaired) electrons. The van der Waals surface area contributed by atoms with E-state index < -0.39 is 0 Å². The van der Waals surface area contributed by atoms with E-state index in [1.807, 2.05) is 0 Å². The van der Waals surface area contributed by atoms with Gasteiger partial charge in [0.25, 0.3) is 0 Å². The Morgan fingerprint density at radius 2 is 2.00 bits per heavy atom. The first-order valence-corrected chi connectivity index (χ1v) is 9.09. The summed E-state index contributed by atoms with van der Waals surface area (Å²) in [5.74, 6) is 2.05. The highest BCUT2D eigenvalue weighted by Crippen LogP contribution is 2.65. The summed E-state index contributed by atoms with van der Waals surface area (Å²) in [6.45, 7) is 4.46. The highest BCUT2D eigenvalue weighted by atomic mass is 16.2. The number of carbonyl (C=O) groups excluding carboxylic acids is 1. The summed E-state index contributed by atoms with van der Waals surface area (Å²) in [7, 11) is 0. The van der Waals surface area contributed by atoms with Crippen molar-refractivity contribution in [2.75, 3.05) is 13.1 Å². The Morgan fingerprint density at radius 1 is 1.24 bits per heavy atom. The second-order valence-corrected chi connectivity index (χ2v) is 8.89. The van der Waals surface area contributed by atoms with Crippen molar-refractivity contribution in [2.45, 2.75) is 70.8 Å². The average Bonchev–Trinajstić information content (AvgIpc) is 2.88. The second-order valence-electron chi connectivity index (χ2n) is 8.89. The molecule has 3 atom stereocenters. The lowest BCUT2D eigenvalue weighted by atomic mass is 9.44. The summed E-state index contributed by atoms with van der Waals surface area (Å²) in [6, 6.07) is 0.638. The first kappa shape index (κ1) is 14.0. The van der Waals surface area contributed by atoms with Gasteiger partial charge in [0.15, 0.2) is 0 Å². The molecule has 1 amide bonds. The number of amides is 1. The largest absolute Gasteiger partial charge is 0.356 e. The molecule has 21 heavy (non-hydrogen) atoms. The summed E-state index contributed by atoms with van der Waals surface area (Å²) < 4.78 is 0. The fourth-order valence-electron chi connectivity index (χ4n) is 6.54. The molecule has 1 aliphatic heterocycles. The van der Waals surface area contributed by atoms with Crippen molar-refractivity contribution in [3.05, 3.63) is 0 Å². The maximum absolute atomic E-state index is 12.9. The van der Waals surface area contributed by atoms with Crippen LogP contribution < -0.4 is 10.6 Å². The Labute approximate surface area is 128 Å². The van der Waals surface area contributed by atoms with Gasteiger partial charge in [-0.05, 0) is 81.6 Å². The molecule has 0 spiro atoms. The molecule has 1 heterocycles. The van der Waals surface area contributed by atoms with Crippen LogP contribution in [-0.4, -0.2) is 25.0 Å². The van der Waals surface area contributed by atoms with Gasteiger partial charge >= 0.3 is 0 Å². The summed E-state index contributed by atoms with van der Waals surface area (Å²) in [5, 5.41) is 6.83. The molecule has 3 heteroatoms. The van der Waals surface area contributed by atoms with Crippen molar-refractivity contribution in [1.82, 2.24) is 10.6 Å². The highest BCUT2D eigenvalue weighted by molar-refractivity contribution is 5.83. The Kier molecular flexibility index (Phi) is 3.33. The molecule has 0 aromatic carbocycles. The van der Waals surface area contributed by atoms with Gasteiger partial charge in [0, 0.05) is 12.6 Å². The molecule has 4 aliphatic carbocycles. The quantitative estimate of drug-likeness (QED) is 0.836. The number of carbonyl (C=O) groups is 1. The molecule has 5 fully saturated rings. The van der Waals surface area contributed by atoms with E-state index in [9.17, 15) is 4.79 Å². The molecule has 3 unspecified atom stereocenters. The highest BCUT2D eigenvalue weighted by Gasteiger charge is 2.58. The molecule has 0 aromatic rings. The molecule has 4 bridgehead atoms. The lowest BCUT2D eigenvalue weighted by Crippen LogP contribution is -2.57. The molecule has 5 rings (SSSR count). The van der Waals surface area contributed by atoms with Crippen molar-refractivity contribution in [2.24, 2.45) is 22.7 Å². The fraction of sp³-hybridized carbons (Fsp3) is 0.944. The summed E-state index contributed by atoms with van der Waals surface area (Å²) in [4.78, 5) is 12.9. The van der Waals surface area contributed by atoms with Crippen LogP contribution in [0.5, 0.6) is 0 Å². The minimum atomic E-state index is 0.00192. The Bertz CT molecular complexity index is 413. The SMILES string of the molecule is CC12CC3CC(C1)CC(C(=O)NCCC1CCCN1)(C3)C2. The van der Waals surface area contributed by atoms with Crippen LogP contribution in [0.25, 0.3) is 0 Å². The molecule has 1 saturated heterocycles. The third-order valence-corrected chi connectivity index (χ3v) is 6.78.